The Kier molecular flexibility index (Phi) is 10.9. The van der Waals surface area contributed by atoms with Crippen LogP contribution < -0.4 is 22.5 Å². The molecule has 0 saturated carbocycles. The molecule has 0 fully saturated rings. The number of aliphatic hydroxyl groups excluding tert-OH is 6. The van der Waals surface area contributed by atoms with Crippen molar-refractivity contribution in [3.05, 3.63) is 66.0 Å². The van der Waals surface area contributed by atoms with Crippen molar-refractivity contribution in [2.24, 2.45) is 0 Å². The number of hydrogen-bond acceptors (Lipinski definition) is 12. The van der Waals surface area contributed by atoms with Crippen LogP contribution in [0.1, 0.15) is 9.59 Å². The van der Waals surface area contributed by atoms with Crippen molar-refractivity contribution < 1.29 is 62.2 Å². The van der Waals surface area contributed by atoms with Crippen LogP contribution >= 0.6 is 0 Å². The summed E-state index contributed by atoms with van der Waals surface area (Å²) >= 11 is 0. The maximum absolute atomic E-state index is 13.5. The number of alkyl halides is 4. The summed E-state index contributed by atoms with van der Waals surface area (Å²) in [6.07, 6.45) is -10.1. The second-order valence-corrected chi connectivity index (χ2v) is 7.33. The van der Waals surface area contributed by atoms with Crippen LogP contribution in [-0.4, -0.2) is 111 Å². The number of carbonyl (C=O) groups is 2. The van der Waals surface area contributed by atoms with Crippen molar-refractivity contribution in [2.75, 3.05) is 13.2 Å². The Morgan fingerprint density at radius 3 is 1.62 bits per heavy atom. The fourth-order valence-electron chi connectivity index (χ4n) is 2.43. The third-order valence-electron chi connectivity index (χ3n) is 4.58. The van der Waals surface area contributed by atoms with E-state index < -0.39 is 94.2 Å². The van der Waals surface area contributed by atoms with Gasteiger partial charge in [-0.1, -0.05) is 0 Å². The summed E-state index contributed by atoms with van der Waals surface area (Å²) in [5.74, 6) is -15.4. The summed E-state index contributed by atoms with van der Waals surface area (Å²) in [6, 6.07) is 0.657. The van der Waals surface area contributed by atoms with Gasteiger partial charge in [-0.25, -0.2) is 18.7 Å². The zero-order valence-corrected chi connectivity index (χ0v) is 18.9. The maximum atomic E-state index is 13.5. The number of carbonyl (C=O) groups excluding carboxylic acids is 2. The minimum absolute atomic E-state index is 0.0740. The molecule has 2 aromatic heterocycles. The molecular formula is C18H19F5N4O12. The quantitative estimate of drug-likeness (QED) is 0.137. The van der Waals surface area contributed by atoms with E-state index in [2.05, 4.69) is 0 Å². The van der Waals surface area contributed by atoms with Crippen molar-refractivity contribution >= 4 is 11.8 Å². The molecule has 2 rings (SSSR count). The van der Waals surface area contributed by atoms with Crippen molar-refractivity contribution in [3.8, 4) is 0 Å². The van der Waals surface area contributed by atoms with E-state index in [9.17, 15) is 50.7 Å². The second-order valence-electron chi connectivity index (χ2n) is 7.33. The first-order valence-corrected chi connectivity index (χ1v) is 9.97. The normalized spacial score (nSPS) is 14.9. The summed E-state index contributed by atoms with van der Waals surface area (Å²) in [5.41, 5.74) is -5.47. The summed E-state index contributed by atoms with van der Waals surface area (Å²) in [6.45, 7) is -2.48. The Bertz CT molecular complexity index is 1420. The molecule has 0 amide bonds. The van der Waals surface area contributed by atoms with Gasteiger partial charge in [-0.2, -0.15) is 22.0 Å². The molecule has 21 heteroatoms. The highest BCUT2D eigenvalue weighted by molar-refractivity contribution is 5.86. The highest BCUT2D eigenvalue weighted by atomic mass is 19.3. The Morgan fingerprint density at radius 1 is 0.795 bits per heavy atom. The van der Waals surface area contributed by atoms with E-state index in [1.165, 1.54) is 4.98 Å². The maximum Gasteiger partial charge on any atom is 0.353 e. The average Bonchev–Trinajstić information content (AvgIpc) is 2.88. The lowest BCUT2D eigenvalue weighted by molar-refractivity contribution is -0.136. The van der Waals surface area contributed by atoms with Crippen LogP contribution in [0.3, 0.4) is 0 Å². The van der Waals surface area contributed by atoms with Crippen molar-refractivity contribution in [2.45, 2.75) is 36.3 Å². The van der Waals surface area contributed by atoms with Gasteiger partial charge in [0.05, 0.1) is 19.4 Å². The molecule has 2 heterocycles. The molecule has 218 valence electrons. The molecule has 2 aromatic rings. The lowest BCUT2D eigenvalue weighted by Gasteiger charge is -2.24. The lowest BCUT2D eigenvalue weighted by Crippen LogP contribution is -2.53. The van der Waals surface area contributed by atoms with Gasteiger partial charge in [0.15, 0.2) is 12.2 Å². The highest BCUT2D eigenvalue weighted by Crippen LogP contribution is 2.24. The number of nitrogens with one attached hydrogen (secondary N) is 2. The van der Waals surface area contributed by atoms with E-state index >= 15 is 0 Å². The molecule has 0 aliphatic heterocycles. The molecule has 0 spiro atoms. The van der Waals surface area contributed by atoms with E-state index in [1.54, 1.807) is 4.98 Å². The van der Waals surface area contributed by atoms with E-state index in [4.69, 9.17) is 30.6 Å². The van der Waals surface area contributed by atoms with Gasteiger partial charge in [0.25, 0.3) is 11.1 Å². The Hall–Kier alpha value is -3.89. The van der Waals surface area contributed by atoms with Gasteiger partial charge in [-0.15, -0.1) is 0 Å². The molecular weight excluding hydrogens is 559 g/mol. The van der Waals surface area contributed by atoms with Gasteiger partial charge in [0, 0.05) is 12.3 Å². The van der Waals surface area contributed by atoms with Crippen LogP contribution in [0.4, 0.5) is 22.0 Å². The predicted octanol–water partition coefficient (Wildman–Crippen LogP) is -4.81. The minimum atomic E-state index is -4.70. The number of rotatable bonds is 8. The van der Waals surface area contributed by atoms with Crippen LogP contribution in [0.2, 0.25) is 0 Å². The van der Waals surface area contributed by atoms with E-state index in [0.717, 1.165) is 0 Å². The molecule has 0 bridgehead atoms. The molecule has 0 aliphatic rings. The monoisotopic (exact) mass is 578 g/mol. The first-order chi connectivity index (χ1) is 17.8. The van der Waals surface area contributed by atoms with Gasteiger partial charge >= 0.3 is 35.0 Å². The van der Waals surface area contributed by atoms with E-state index in [1.807, 2.05) is 0 Å². The van der Waals surface area contributed by atoms with Crippen LogP contribution in [0, 0.1) is 5.82 Å². The number of aromatic nitrogens is 4. The Labute approximate surface area is 209 Å². The topological polar surface area (TPSA) is 265 Å². The van der Waals surface area contributed by atoms with Gasteiger partial charge in [0.2, 0.25) is 5.82 Å². The zero-order valence-electron chi connectivity index (χ0n) is 18.9. The van der Waals surface area contributed by atoms with Crippen LogP contribution in [0.15, 0.2) is 37.6 Å². The van der Waals surface area contributed by atoms with Crippen molar-refractivity contribution in [1.29, 1.82) is 0 Å². The van der Waals surface area contributed by atoms with Crippen molar-refractivity contribution in [1.82, 2.24) is 19.1 Å². The molecule has 0 aromatic carbocycles. The predicted molar refractivity (Wildman–Crippen MR) is 112 cm³/mol. The van der Waals surface area contributed by atoms with E-state index in [-0.39, 0.29) is 10.8 Å². The standard InChI is InChI=1S/C9H9F3N2O6.C9H10F2N2O6/c10-3-1-14(8(20)13-6(3)18)7(19)9(11,12)5(17)4(16)2-15;10-9(11,6(17)4(15)3-14)7(18)13-2-1-5(16)12-8(13)19/h1,4-5,15-17H,2H2,(H,13,18,20);1-2,4,6,14-15,17H,3H2,(H,12,16,19)/t4-,5-;4-,6+/m11/s1. The Balaban J connectivity index is 0.000000391. The van der Waals surface area contributed by atoms with Gasteiger partial charge < -0.3 is 30.6 Å². The third-order valence-corrected chi connectivity index (χ3v) is 4.58. The number of H-pyrrole nitrogens is 2. The molecule has 0 saturated heterocycles. The molecule has 0 unspecified atom stereocenters. The summed E-state index contributed by atoms with van der Waals surface area (Å²) in [4.78, 5) is 69.3. The number of hydrogen-bond donors (Lipinski definition) is 8. The summed E-state index contributed by atoms with van der Waals surface area (Å²) in [5, 5.41) is 52.7. The van der Waals surface area contributed by atoms with Crippen molar-refractivity contribution in [3.63, 3.8) is 0 Å². The molecule has 16 nitrogen and oxygen atoms in total. The summed E-state index contributed by atoms with van der Waals surface area (Å²) in [7, 11) is 0. The number of nitrogens with zero attached hydrogens (tertiary/aromatic N) is 2. The molecule has 39 heavy (non-hydrogen) atoms. The number of aliphatic hydroxyl groups is 6. The van der Waals surface area contributed by atoms with Gasteiger partial charge in [-0.05, 0) is 0 Å². The highest BCUT2D eigenvalue weighted by Gasteiger charge is 2.52. The molecule has 4 atom stereocenters. The summed E-state index contributed by atoms with van der Waals surface area (Å²) < 4.78 is 66.3. The molecule has 8 N–H and O–H groups in total. The second kappa shape index (κ2) is 12.8. The fraction of sp³-hybridized carbons (Fsp3) is 0.444. The minimum Gasteiger partial charge on any atom is -0.394 e. The first-order valence-electron chi connectivity index (χ1n) is 9.97. The van der Waals surface area contributed by atoms with Crippen LogP contribution in [0.25, 0.3) is 0 Å². The lowest BCUT2D eigenvalue weighted by atomic mass is 10.1. The largest absolute Gasteiger partial charge is 0.394 e. The smallest absolute Gasteiger partial charge is 0.353 e. The third kappa shape index (κ3) is 7.36. The number of aromatic amines is 2. The average molecular weight is 578 g/mol. The van der Waals surface area contributed by atoms with Crippen LogP contribution in [-0.2, 0) is 0 Å². The van der Waals surface area contributed by atoms with Crippen LogP contribution in [0.5, 0.6) is 0 Å². The van der Waals surface area contributed by atoms with E-state index in [0.29, 0.717) is 12.3 Å². The molecule has 0 aliphatic carbocycles. The van der Waals surface area contributed by atoms with Gasteiger partial charge in [-0.3, -0.25) is 29.1 Å². The SMILES string of the molecule is O=C(n1cc(F)c(=O)[nH]c1=O)C(F)(F)[C@H](O)[C@H](O)CO.O=C(n1ccc(=O)[nH]c1=O)C(F)(F)[C@@H](O)[C@H](O)CO. The van der Waals surface area contributed by atoms with Gasteiger partial charge in [0.1, 0.15) is 12.2 Å². The zero-order chi connectivity index (χ0) is 30.5. The Morgan fingerprint density at radius 2 is 1.21 bits per heavy atom. The fourth-order valence-corrected chi connectivity index (χ4v) is 2.43. The first kappa shape index (κ1) is 33.1. The molecule has 0 radical (unpaired) electrons. The number of halogens is 5.